The number of nitrogens with one attached hydrogen (secondary N) is 1. The fourth-order valence-electron chi connectivity index (χ4n) is 4.47. The fraction of sp³-hybridized carbons (Fsp3) is 0.120. The van der Waals surface area contributed by atoms with Crippen LogP contribution in [0.4, 0.5) is 5.69 Å². The highest BCUT2D eigenvalue weighted by Gasteiger charge is 2.39. The smallest absolute Gasteiger partial charge is 0.241 e. The molecule has 0 saturated heterocycles. The lowest BCUT2D eigenvalue weighted by atomic mass is 10.0. The van der Waals surface area contributed by atoms with Crippen LogP contribution in [0.2, 0.25) is 0 Å². The quantitative estimate of drug-likeness (QED) is 0.497. The first-order chi connectivity index (χ1) is 14.6. The van der Waals surface area contributed by atoms with Crippen LogP contribution in [0.5, 0.6) is 0 Å². The van der Waals surface area contributed by atoms with Crippen molar-refractivity contribution in [2.45, 2.75) is 17.0 Å². The Morgan fingerprint density at radius 2 is 1.33 bits per heavy atom. The molecule has 1 aliphatic carbocycles. The van der Waals surface area contributed by atoms with Crippen LogP contribution in [0.3, 0.4) is 0 Å². The van der Waals surface area contributed by atoms with Gasteiger partial charge in [0.05, 0.1) is 17.0 Å². The van der Waals surface area contributed by atoms with Crippen LogP contribution in [0.15, 0.2) is 102 Å². The zero-order chi connectivity index (χ0) is 20.7. The highest BCUT2D eigenvalue weighted by Crippen LogP contribution is 2.48. The molecule has 2 atom stereocenters. The van der Waals surface area contributed by atoms with Crippen molar-refractivity contribution < 1.29 is 8.42 Å². The van der Waals surface area contributed by atoms with E-state index in [9.17, 15) is 8.42 Å². The average molecular weight is 415 g/mol. The summed E-state index contributed by atoms with van der Waals surface area (Å²) in [6, 6.07) is 30.4. The van der Waals surface area contributed by atoms with Gasteiger partial charge in [-0.25, -0.2) is 13.1 Å². The highest BCUT2D eigenvalue weighted by atomic mass is 32.2. The van der Waals surface area contributed by atoms with Crippen LogP contribution < -0.4 is 9.62 Å². The predicted molar refractivity (Wildman–Crippen MR) is 121 cm³/mol. The van der Waals surface area contributed by atoms with E-state index in [2.05, 4.69) is 27.8 Å². The summed E-state index contributed by atoms with van der Waals surface area (Å²) in [5.41, 5.74) is 3.18. The van der Waals surface area contributed by atoms with Crippen LogP contribution in [0.1, 0.15) is 23.2 Å². The number of sulfonamides is 1. The molecule has 4 aromatic rings. The summed E-state index contributed by atoms with van der Waals surface area (Å²) in [6.45, 7) is 0. The summed E-state index contributed by atoms with van der Waals surface area (Å²) in [4.78, 5) is 2.43. The van der Waals surface area contributed by atoms with Gasteiger partial charge in [0.25, 0.3) is 0 Å². The van der Waals surface area contributed by atoms with Gasteiger partial charge in [0.2, 0.25) is 10.0 Å². The van der Waals surface area contributed by atoms with Gasteiger partial charge < -0.3 is 4.90 Å². The number of rotatable bonds is 5. The topological polar surface area (TPSA) is 49.4 Å². The van der Waals surface area contributed by atoms with Crippen molar-refractivity contribution in [2.75, 3.05) is 11.9 Å². The lowest BCUT2D eigenvalue weighted by Crippen LogP contribution is -2.37. The minimum atomic E-state index is -3.68. The monoisotopic (exact) mass is 414 g/mol. The summed E-state index contributed by atoms with van der Waals surface area (Å²) >= 11 is 0. The maximum atomic E-state index is 13.2. The van der Waals surface area contributed by atoms with E-state index >= 15 is 0 Å². The molecule has 30 heavy (non-hydrogen) atoms. The van der Waals surface area contributed by atoms with Gasteiger partial charge in [-0.15, -0.1) is 0 Å². The predicted octanol–water partition coefficient (Wildman–Crippen LogP) is 5.05. The Morgan fingerprint density at radius 1 is 0.733 bits per heavy atom. The molecule has 150 valence electrons. The third-order valence-corrected chi connectivity index (χ3v) is 7.31. The summed E-state index contributed by atoms with van der Waals surface area (Å²) < 4.78 is 29.5. The molecular formula is C25H22N2O2S. The molecule has 0 fully saturated rings. The van der Waals surface area contributed by atoms with Crippen LogP contribution in [0, 0.1) is 0 Å². The fourth-order valence-corrected chi connectivity index (χ4v) is 5.72. The summed E-state index contributed by atoms with van der Waals surface area (Å²) in [7, 11) is -1.66. The molecule has 4 aromatic carbocycles. The van der Waals surface area contributed by atoms with Gasteiger partial charge >= 0.3 is 0 Å². The minimum Gasteiger partial charge on any atom is -0.366 e. The van der Waals surface area contributed by atoms with Gasteiger partial charge in [-0.3, -0.25) is 0 Å². The van der Waals surface area contributed by atoms with Gasteiger partial charge in [-0.05, 0) is 46.2 Å². The molecule has 0 spiro atoms. The van der Waals surface area contributed by atoms with Gasteiger partial charge in [-0.2, -0.15) is 0 Å². The molecule has 4 nitrogen and oxygen atoms in total. The summed E-state index contributed by atoms with van der Waals surface area (Å²) in [5, 5.41) is 2.26. The Morgan fingerprint density at radius 3 is 2.00 bits per heavy atom. The highest BCUT2D eigenvalue weighted by molar-refractivity contribution is 7.89. The van der Waals surface area contributed by atoms with Crippen molar-refractivity contribution in [3.8, 4) is 0 Å². The molecule has 1 aliphatic rings. The standard InChI is InChI=1S/C25H22N2O2S/c1-27(19-12-4-2-5-13-19)25-22-17-9-11-18-10-8-16-21(23(18)22)24(25)26-30(28,29)20-14-6-3-7-15-20/h2-17,24-26H,1H3/t24-,25+/m0/s1. The first kappa shape index (κ1) is 18.9. The molecule has 0 amide bonds. The number of benzene rings is 4. The molecule has 0 aromatic heterocycles. The van der Waals surface area contributed by atoms with Gasteiger partial charge in [0, 0.05) is 12.7 Å². The number of likely N-dealkylation sites (N-methyl/N-ethyl adjacent to an activating group) is 1. The molecule has 1 N–H and O–H groups in total. The molecule has 5 rings (SSSR count). The van der Waals surface area contributed by atoms with Crippen molar-refractivity contribution in [2.24, 2.45) is 0 Å². The second kappa shape index (κ2) is 7.27. The molecule has 5 heteroatoms. The lowest BCUT2D eigenvalue weighted by molar-refractivity contribution is 0.505. The van der Waals surface area contributed by atoms with E-state index in [-0.39, 0.29) is 10.9 Å². The first-order valence-corrected chi connectivity index (χ1v) is 11.4. The van der Waals surface area contributed by atoms with Gasteiger partial charge in [0.1, 0.15) is 0 Å². The Balaban J connectivity index is 1.65. The number of anilines is 1. The molecule has 0 bridgehead atoms. The van der Waals surface area contributed by atoms with Crippen molar-refractivity contribution >= 4 is 26.5 Å². The normalized spacial score (nSPS) is 17.9. The van der Waals surface area contributed by atoms with Crippen molar-refractivity contribution in [3.05, 3.63) is 108 Å². The molecule has 0 heterocycles. The van der Waals surface area contributed by atoms with Gasteiger partial charge in [0.15, 0.2) is 0 Å². The molecule has 0 saturated carbocycles. The van der Waals surface area contributed by atoms with Crippen LogP contribution >= 0.6 is 0 Å². The number of para-hydroxylation sites is 1. The summed E-state index contributed by atoms with van der Waals surface area (Å²) in [6.07, 6.45) is 0. The average Bonchev–Trinajstić information content (AvgIpc) is 3.09. The Hall–Kier alpha value is -3.15. The van der Waals surface area contributed by atoms with Crippen LogP contribution in [0.25, 0.3) is 10.8 Å². The van der Waals surface area contributed by atoms with E-state index in [1.54, 1.807) is 24.3 Å². The van der Waals surface area contributed by atoms with Crippen molar-refractivity contribution in [1.29, 1.82) is 0 Å². The van der Waals surface area contributed by atoms with E-state index in [4.69, 9.17) is 0 Å². The maximum absolute atomic E-state index is 13.2. The van der Waals surface area contributed by atoms with E-state index in [0.717, 1.165) is 27.6 Å². The van der Waals surface area contributed by atoms with Crippen LogP contribution in [-0.4, -0.2) is 15.5 Å². The molecule has 0 radical (unpaired) electrons. The zero-order valence-corrected chi connectivity index (χ0v) is 17.4. The number of hydrogen-bond acceptors (Lipinski definition) is 3. The zero-order valence-electron chi connectivity index (χ0n) is 16.6. The Kier molecular flexibility index (Phi) is 4.57. The first-order valence-electron chi connectivity index (χ1n) is 9.93. The third-order valence-electron chi connectivity index (χ3n) is 5.85. The summed E-state index contributed by atoms with van der Waals surface area (Å²) in [5.74, 6) is 0. The van der Waals surface area contributed by atoms with E-state index in [1.165, 1.54) is 0 Å². The number of nitrogens with zero attached hydrogens (tertiary/aromatic N) is 1. The second-order valence-electron chi connectivity index (χ2n) is 7.60. The van der Waals surface area contributed by atoms with E-state index in [0.29, 0.717) is 0 Å². The lowest BCUT2D eigenvalue weighted by Gasteiger charge is -2.33. The van der Waals surface area contributed by atoms with Gasteiger partial charge in [-0.1, -0.05) is 72.8 Å². The van der Waals surface area contributed by atoms with E-state index < -0.39 is 16.1 Å². The molecule has 0 aliphatic heterocycles. The Labute approximate surface area is 176 Å². The van der Waals surface area contributed by atoms with Crippen molar-refractivity contribution in [3.63, 3.8) is 0 Å². The Bertz CT molecular complexity index is 1300. The molecule has 0 unspecified atom stereocenters. The number of hydrogen-bond donors (Lipinski definition) is 1. The van der Waals surface area contributed by atoms with E-state index in [1.807, 2.05) is 61.6 Å². The maximum Gasteiger partial charge on any atom is 0.241 e. The minimum absolute atomic E-state index is 0.160. The van der Waals surface area contributed by atoms with Crippen LogP contribution in [-0.2, 0) is 10.0 Å². The third kappa shape index (κ3) is 3.07. The molecular weight excluding hydrogens is 392 g/mol. The largest absolute Gasteiger partial charge is 0.366 e. The van der Waals surface area contributed by atoms with Crippen molar-refractivity contribution in [1.82, 2.24) is 4.72 Å². The second-order valence-corrected chi connectivity index (χ2v) is 9.31. The SMILES string of the molecule is CN(c1ccccc1)[C@@H]1c2cccc3cccc(c23)[C@@H]1NS(=O)(=O)c1ccccc1.